The molecular formula is C22H27ClN6O. The maximum atomic E-state index is 6.27. The third kappa shape index (κ3) is 4.01. The summed E-state index contributed by atoms with van der Waals surface area (Å²) in [5, 5.41) is 8.51. The summed E-state index contributed by atoms with van der Waals surface area (Å²) in [6.07, 6.45) is 1.67. The van der Waals surface area contributed by atoms with Crippen molar-refractivity contribution in [2.75, 3.05) is 49.6 Å². The molecule has 0 radical (unpaired) electrons. The second-order valence-electron chi connectivity index (χ2n) is 7.86. The molecule has 158 valence electrons. The van der Waals surface area contributed by atoms with Gasteiger partial charge in [-0.1, -0.05) is 23.7 Å². The molecule has 0 atom stereocenters. The van der Waals surface area contributed by atoms with Gasteiger partial charge in [0.25, 0.3) is 0 Å². The monoisotopic (exact) mass is 426 g/mol. The van der Waals surface area contributed by atoms with E-state index in [0.717, 1.165) is 50.8 Å². The molecule has 5 rings (SSSR count). The Bertz CT molecular complexity index is 1030. The lowest BCUT2D eigenvalue weighted by molar-refractivity contribution is -0.0660. The molecule has 2 aliphatic heterocycles. The van der Waals surface area contributed by atoms with Crippen molar-refractivity contribution in [3.05, 3.63) is 59.4 Å². The van der Waals surface area contributed by atoms with Crippen LogP contribution in [0.5, 0.6) is 0 Å². The van der Waals surface area contributed by atoms with Gasteiger partial charge >= 0.3 is 0 Å². The fourth-order valence-electron chi connectivity index (χ4n) is 4.00. The van der Waals surface area contributed by atoms with E-state index in [1.807, 2.05) is 24.3 Å². The van der Waals surface area contributed by atoms with E-state index in [-0.39, 0.29) is 1.43 Å². The lowest BCUT2D eigenvalue weighted by Crippen LogP contribution is -2.56. The van der Waals surface area contributed by atoms with Crippen LogP contribution in [-0.2, 0) is 4.74 Å². The summed E-state index contributed by atoms with van der Waals surface area (Å²) in [5.41, 5.74) is 4.22. The minimum atomic E-state index is 0. The highest BCUT2D eigenvalue weighted by atomic mass is 35.5. The van der Waals surface area contributed by atoms with Crippen LogP contribution in [0.2, 0.25) is 5.02 Å². The molecule has 3 aromatic rings. The minimum Gasteiger partial charge on any atom is -0.378 e. The van der Waals surface area contributed by atoms with Crippen molar-refractivity contribution < 1.29 is 6.16 Å². The number of ether oxygens (including phenoxy) is 1. The zero-order valence-corrected chi connectivity index (χ0v) is 17.7. The lowest BCUT2D eigenvalue weighted by atomic mass is 10.1. The van der Waals surface area contributed by atoms with E-state index in [1.54, 1.807) is 11.0 Å². The molecule has 2 aliphatic rings. The molecular weight excluding hydrogens is 400 g/mol. The molecule has 1 aromatic heterocycles. The summed E-state index contributed by atoms with van der Waals surface area (Å²) in [6, 6.07) is 14.7. The summed E-state index contributed by atoms with van der Waals surface area (Å²) in [5.74, 6) is 0.543. The number of nitrogens with one attached hydrogen (secondary N) is 1. The number of nitrogens with zero attached hydrogens (tertiary/aromatic N) is 5. The van der Waals surface area contributed by atoms with Crippen LogP contribution < -0.4 is 10.2 Å². The standard InChI is InChI=1S/C22H25ClN6O.H2/c1-16-10-17(25-22-24-15-29(26-22)21-5-3-2-4-20(21)23)12-18(11-16)27-6-8-28(9-7-27)19-13-30-14-19;/h2-5,10-12,15,19H,6-9,13-14H2,1H3,(H,25,26);1H. The average Bonchev–Trinajstić information content (AvgIpc) is 3.15. The Morgan fingerprint density at radius 3 is 2.63 bits per heavy atom. The molecule has 8 heteroatoms. The summed E-state index contributed by atoms with van der Waals surface area (Å²) in [7, 11) is 0. The third-order valence-corrected chi connectivity index (χ3v) is 6.05. The van der Waals surface area contributed by atoms with Crippen molar-refractivity contribution in [2.45, 2.75) is 13.0 Å². The first-order chi connectivity index (χ1) is 14.7. The Hall–Kier alpha value is -2.61. The maximum absolute atomic E-state index is 6.27. The van der Waals surface area contributed by atoms with Crippen LogP contribution in [-0.4, -0.2) is 65.1 Å². The number of para-hydroxylation sites is 1. The number of hydrogen-bond acceptors (Lipinski definition) is 6. The third-order valence-electron chi connectivity index (χ3n) is 5.73. The van der Waals surface area contributed by atoms with Crippen molar-refractivity contribution in [2.24, 2.45) is 0 Å². The van der Waals surface area contributed by atoms with Gasteiger partial charge in [-0.05, 0) is 42.8 Å². The van der Waals surface area contributed by atoms with Crippen molar-refractivity contribution >= 4 is 28.9 Å². The topological polar surface area (TPSA) is 58.5 Å². The van der Waals surface area contributed by atoms with E-state index in [2.05, 4.69) is 50.3 Å². The first-order valence-corrected chi connectivity index (χ1v) is 10.7. The zero-order valence-electron chi connectivity index (χ0n) is 17.0. The smallest absolute Gasteiger partial charge is 0.246 e. The van der Waals surface area contributed by atoms with Crippen LogP contribution in [0.1, 0.15) is 6.99 Å². The van der Waals surface area contributed by atoms with E-state index >= 15 is 0 Å². The molecule has 2 aromatic carbocycles. The Morgan fingerprint density at radius 1 is 1.10 bits per heavy atom. The highest BCUT2D eigenvalue weighted by molar-refractivity contribution is 6.32. The molecule has 7 nitrogen and oxygen atoms in total. The number of aryl methyl sites for hydroxylation is 1. The van der Waals surface area contributed by atoms with Gasteiger partial charge in [-0.25, -0.2) is 4.68 Å². The molecule has 0 saturated carbocycles. The van der Waals surface area contributed by atoms with E-state index in [9.17, 15) is 0 Å². The molecule has 3 heterocycles. The van der Waals surface area contributed by atoms with Crippen LogP contribution in [0.4, 0.5) is 17.3 Å². The number of aromatic nitrogens is 3. The van der Waals surface area contributed by atoms with Crippen molar-refractivity contribution in [1.29, 1.82) is 0 Å². The molecule has 30 heavy (non-hydrogen) atoms. The molecule has 0 bridgehead atoms. The van der Waals surface area contributed by atoms with Gasteiger partial charge < -0.3 is 15.0 Å². The molecule has 1 N–H and O–H groups in total. The summed E-state index contributed by atoms with van der Waals surface area (Å²) in [4.78, 5) is 9.39. The van der Waals surface area contributed by atoms with Crippen LogP contribution in [0, 0.1) is 6.92 Å². The Kier molecular flexibility index (Phi) is 5.33. The Balaban J connectivity index is 0.00000231. The molecule has 0 amide bonds. The maximum Gasteiger partial charge on any atom is 0.246 e. The summed E-state index contributed by atoms with van der Waals surface area (Å²) < 4.78 is 7.02. The van der Waals surface area contributed by atoms with Gasteiger partial charge in [0.1, 0.15) is 6.33 Å². The summed E-state index contributed by atoms with van der Waals surface area (Å²) >= 11 is 6.27. The number of halogens is 1. The molecule has 2 saturated heterocycles. The highest BCUT2D eigenvalue weighted by Gasteiger charge is 2.29. The van der Waals surface area contributed by atoms with Gasteiger partial charge in [0, 0.05) is 39.0 Å². The molecule has 0 aliphatic carbocycles. The quantitative estimate of drug-likeness (QED) is 0.670. The summed E-state index contributed by atoms with van der Waals surface area (Å²) in [6.45, 7) is 8.09. The van der Waals surface area contributed by atoms with Crippen molar-refractivity contribution in [1.82, 2.24) is 19.7 Å². The van der Waals surface area contributed by atoms with Gasteiger partial charge in [0.15, 0.2) is 0 Å². The first kappa shape index (κ1) is 19.4. The predicted molar refractivity (Wildman–Crippen MR) is 121 cm³/mol. The normalized spacial score (nSPS) is 17.7. The van der Waals surface area contributed by atoms with E-state index in [0.29, 0.717) is 17.0 Å². The van der Waals surface area contributed by atoms with Gasteiger partial charge in [-0.2, -0.15) is 4.98 Å². The van der Waals surface area contributed by atoms with Crippen molar-refractivity contribution in [3.63, 3.8) is 0 Å². The lowest BCUT2D eigenvalue weighted by Gasteiger charge is -2.43. The second-order valence-corrected chi connectivity index (χ2v) is 8.27. The highest BCUT2D eigenvalue weighted by Crippen LogP contribution is 2.26. The number of rotatable bonds is 5. The van der Waals surface area contributed by atoms with E-state index < -0.39 is 0 Å². The zero-order chi connectivity index (χ0) is 20.5. The number of piperazine rings is 1. The number of anilines is 3. The Labute approximate surface area is 182 Å². The van der Waals surface area contributed by atoms with Crippen LogP contribution >= 0.6 is 11.6 Å². The second kappa shape index (κ2) is 8.26. The van der Waals surface area contributed by atoms with E-state index in [1.165, 1.54) is 11.3 Å². The largest absolute Gasteiger partial charge is 0.378 e. The molecule has 0 spiro atoms. The van der Waals surface area contributed by atoms with Crippen LogP contribution in [0.25, 0.3) is 5.69 Å². The minimum absolute atomic E-state index is 0. The Morgan fingerprint density at radius 2 is 1.90 bits per heavy atom. The van der Waals surface area contributed by atoms with Crippen molar-refractivity contribution in [3.8, 4) is 5.69 Å². The fourth-order valence-corrected chi connectivity index (χ4v) is 4.22. The van der Waals surface area contributed by atoms with Crippen LogP contribution in [0.3, 0.4) is 0 Å². The fraction of sp³-hybridized carbons (Fsp3) is 0.364. The van der Waals surface area contributed by atoms with E-state index in [4.69, 9.17) is 16.3 Å². The molecule has 0 unspecified atom stereocenters. The van der Waals surface area contributed by atoms with Gasteiger partial charge in [-0.15, -0.1) is 5.10 Å². The average molecular weight is 427 g/mol. The van der Waals surface area contributed by atoms with Gasteiger partial charge in [0.2, 0.25) is 5.95 Å². The number of hydrogen-bond donors (Lipinski definition) is 1. The first-order valence-electron chi connectivity index (χ1n) is 10.3. The number of benzene rings is 2. The molecule has 2 fully saturated rings. The van der Waals surface area contributed by atoms with Crippen LogP contribution in [0.15, 0.2) is 48.8 Å². The SMILES string of the molecule is Cc1cc(Nc2ncn(-c3ccccc3Cl)n2)cc(N2CCN(C3COC3)CC2)c1.[HH]. The van der Waals surface area contributed by atoms with Gasteiger partial charge in [-0.3, -0.25) is 4.90 Å². The van der Waals surface area contributed by atoms with Gasteiger partial charge in [0.05, 0.1) is 30.0 Å². The predicted octanol–water partition coefficient (Wildman–Crippen LogP) is 3.74.